The highest BCUT2D eigenvalue weighted by molar-refractivity contribution is 7.89. The van der Waals surface area contributed by atoms with E-state index in [0.717, 1.165) is 18.4 Å². The SMILES string of the molecule is CCC(=O)C1CCCCN1S(=O)(=O)c1ccc(-c2ccno2)cc1. The lowest BCUT2D eigenvalue weighted by Gasteiger charge is -2.33. The van der Waals surface area contributed by atoms with Crippen LogP contribution in [-0.2, 0) is 14.8 Å². The summed E-state index contributed by atoms with van der Waals surface area (Å²) < 4.78 is 32.3. The molecular weight excluding hydrogens is 328 g/mol. The average molecular weight is 348 g/mol. The molecule has 2 aromatic rings. The molecule has 0 bridgehead atoms. The number of aromatic nitrogens is 1. The summed E-state index contributed by atoms with van der Waals surface area (Å²) in [5, 5.41) is 3.64. The van der Waals surface area contributed by atoms with Gasteiger partial charge in [0.2, 0.25) is 10.0 Å². The summed E-state index contributed by atoms with van der Waals surface area (Å²) >= 11 is 0. The summed E-state index contributed by atoms with van der Waals surface area (Å²) in [7, 11) is -3.69. The van der Waals surface area contributed by atoms with Crippen molar-refractivity contribution in [2.24, 2.45) is 0 Å². The van der Waals surface area contributed by atoms with Crippen LogP contribution in [0.3, 0.4) is 0 Å². The molecule has 1 atom stereocenters. The molecule has 128 valence electrons. The van der Waals surface area contributed by atoms with E-state index in [-0.39, 0.29) is 10.7 Å². The van der Waals surface area contributed by atoms with Gasteiger partial charge in [0.05, 0.1) is 17.1 Å². The van der Waals surface area contributed by atoms with Crippen molar-refractivity contribution in [3.05, 3.63) is 36.5 Å². The maximum atomic E-state index is 13.0. The molecule has 1 aliphatic rings. The molecule has 3 rings (SSSR count). The molecule has 7 heteroatoms. The standard InChI is InChI=1S/C17H20N2O4S/c1-2-16(20)15-5-3-4-12-19(15)24(21,22)14-8-6-13(7-9-14)17-10-11-18-23-17/h6-11,15H,2-5,12H2,1H3. The number of nitrogens with zero attached hydrogens (tertiary/aromatic N) is 2. The third kappa shape index (κ3) is 3.14. The Labute approximate surface area is 141 Å². The highest BCUT2D eigenvalue weighted by atomic mass is 32.2. The number of sulfonamides is 1. The second-order valence-electron chi connectivity index (χ2n) is 5.85. The first-order valence-electron chi connectivity index (χ1n) is 8.09. The lowest BCUT2D eigenvalue weighted by Crippen LogP contribution is -2.47. The topological polar surface area (TPSA) is 80.5 Å². The molecule has 24 heavy (non-hydrogen) atoms. The number of carbonyl (C=O) groups excluding carboxylic acids is 1. The Balaban J connectivity index is 1.90. The van der Waals surface area contributed by atoms with E-state index >= 15 is 0 Å². The van der Waals surface area contributed by atoms with Crippen LogP contribution in [0.1, 0.15) is 32.6 Å². The van der Waals surface area contributed by atoms with Gasteiger partial charge >= 0.3 is 0 Å². The van der Waals surface area contributed by atoms with Crippen molar-refractivity contribution in [3.8, 4) is 11.3 Å². The van der Waals surface area contributed by atoms with Gasteiger partial charge in [-0.15, -0.1) is 0 Å². The van der Waals surface area contributed by atoms with Crippen LogP contribution in [0.5, 0.6) is 0 Å². The fourth-order valence-corrected chi connectivity index (χ4v) is 4.72. The van der Waals surface area contributed by atoms with E-state index in [2.05, 4.69) is 5.16 Å². The quantitative estimate of drug-likeness (QED) is 0.830. The van der Waals surface area contributed by atoms with Crippen LogP contribution in [0.4, 0.5) is 0 Å². The van der Waals surface area contributed by atoms with Gasteiger partial charge in [-0.3, -0.25) is 4.79 Å². The van der Waals surface area contributed by atoms with Crippen molar-refractivity contribution in [2.75, 3.05) is 6.54 Å². The summed E-state index contributed by atoms with van der Waals surface area (Å²) in [6.45, 7) is 2.16. The number of Topliss-reactive ketones (excluding diaryl/α,β-unsaturated/α-hetero) is 1. The van der Waals surface area contributed by atoms with E-state index < -0.39 is 16.1 Å². The van der Waals surface area contributed by atoms with Crippen molar-refractivity contribution < 1.29 is 17.7 Å². The molecule has 1 saturated heterocycles. The molecule has 0 radical (unpaired) electrons. The zero-order valence-corrected chi connectivity index (χ0v) is 14.3. The first-order chi connectivity index (χ1) is 11.5. The van der Waals surface area contributed by atoms with Crippen LogP contribution >= 0.6 is 0 Å². The molecule has 1 aromatic heterocycles. The number of piperidine rings is 1. The molecule has 1 fully saturated rings. The number of ketones is 1. The zero-order valence-electron chi connectivity index (χ0n) is 13.5. The second-order valence-corrected chi connectivity index (χ2v) is 7.74. The molecular formula is C17H20N2O4S. The van der Waals surface area contributed by atoms with Gasteiger partial charge in [-0.05, 0) is 37.1 Å². The summed E-state index contributed by atoms with van der Waals surface area (Å²) in [6.07, 6.45) is 4.15. The minimum atomic E-state index is -3.69. The predicted octanol–water partition coefficient (Wildman–Crippen LogP) is 2.86. The maximum Gasteiger partial charge on any atom is 0.243 e. The molecule has 1 aromatic carbocycles. The molecule has 0 saturated carbocycles. The zero-order chi connectivity index (χ0) is 17.2. The average Bonchev–Trinajstić information content (AvgIpc) is 3.16. The van der Waals surface area contributed by atoms with Crippen LogP contribution in [0.2, 0.25) is 0 Å². The Morgan fingerprint density at radius 2 is 2.00 bits per heavy atom. The van der Waals surface area contributed by atoms with Crippen molar-refractivity contribution in [1.82, 2.24) is 9.46 Å². The van der Waals surface area contributed by atoms with E-state index in [4.69, 9.17) is 4.52 Å². The van der Waals surface area contributed by atoms with Gasteiger partial charge in [-0.1, -0.05) is 18.5 Å². The fourth-order valence-electron chi connectivity index (χ4n) is 3.04. The van der Waals surface area contributed by atoms with E-state index in [0.29, 0.717) is 25.1 Å². The lowest BCUT2D eigenvalue weighted by atomic mass is 10.00. The minimum Gasteiger partial charge on any atom is -0.356 e. The van der Waals surface area contributed by atoms with E-state index in [1.807, 2.05) is 0 Å². The smallest absolute Gasteiger partial charge is 0.243 e. The van der Waals surface area contributed by atoms with Crippen molar-refractivity contribution in [3.63, 3.8) is 0 Å². The molecule has 0 spiro atoms. The molecule has 0 N–H and O–H groups in total. The van der Waals surface area contributed by atoms with Crippen LogP contribution in [0, 0.1) is 0 Å². The Morgan fingerprint density at radius 3 is 2.62 bits per heavy atom. The number of benzene rings is 1. The Morgan fingerprint density at radius 1 is 1.25 bits per heavy atom. The lowest BCUT2D eigenvalue weighted by molar-refractivity contribution is -0.123. The van der Waals surface area contributed by atoms with Gasteiger partial charge in [0.15, 0.2) is 11.5 Å². The van der Waals surface area contributed by atoms with Gasteiger partial charge in [-0.2, -0.15) is 4.31 Å². The Hall–Kier alpha value is -1.99. The fraction of sp³-hybridized carbons (Fsp3) is 0.412. The van der Waals surface area contributed by atoms with Gasteiger partial charge in [-0.25, -0.2) is 8.42 Å². The highest BCUT2D eigenvalue weighted by Gasteiger charge is 2.36. The first-order valence-corrected chi connectivity index (χ1v) is 9.53. The van der Waals surface area contributed by atoms with Crippen LogP contribution in [0.15, 0.2) is 45.9 Å². The molecule has 0 aliphatic carbocycles. The summed E-state index contributed by atoms with van der Waals surface area (Å²) in [5.41, 5.74) is 0.756. The third-order valence-corrected chi connectivity index (χ3v) is 6.28. The molecule has 2 heterocycles. The molecule has 1 unspecified atom stereocenters. The minimum absolute atomic E-state index is 0.0171. The third-order valence-electron chi connectivity index (χ3n) is 4.36. The summed E-state index contributed by atoms with van der Waals surface area (Å²) in [6, 6.07) is 7.65. The molecule has 1 aliphatic heterocycles. The van der Waals surface area contributed by atoms with E-state index in [1.165, 1.54) is 10.5 Å². The van der Waals surface area contributed by atoms with Crippen LogP contribution in [-0.4, -0.2) is 36.2 Å². The van der Waals surface area contributed by atoms with Crippen LogP contribution < -0.4 is 0 Å². The number of hydrogen-bond donors (Lipinski definition) is 0. The Kier molecular flexibility index (Phi) is 4.82. The van der Waals surface area contributed by atoms with Gasteiger partial charge in [0, 0.05) is 24.6 Å². The monoisotopic (exact) mass is 348 g/mol. The normalized spacial score (nSPS) is 19.3. The van der Waals surface area contributed by atoms with E-state index in [1.54, 1.807) is 37.3 Å². The first kappa shape index (κ1) is 16.9. The number of hydrogen-bond acceptors (Lipinski definition) is 5. The van der Waals surface area contributed by atoms with Gasteiger partial charge < -0.3 is 4.52 Å². The second kappa shape index (κ2) is 6.86. The number of rotatable bonds is 5. The summed E-state index contributed by atoms with van der Waals surface area (Å²) in [4.78, 5) is 12.3. The van der Waals surface area contributed by atoms with E-state index in [9.17, 15) is 13.2 Å². The predicted molar refractivity (Wildman–Crippen MR) is 88.8 cm³/mol. The van der Waals surface area contributed by atoms with Crippen LogP contribution in [0.25, 0.3) is 11.3 Å². The largest absolute Gasteiger partial charge is 0.356 e. The molecule has 6 nitrogen and oxygen atoms in total. The Bertz CT molecular complexity index is 798. The van der Waals surface area contributed by atoms with Crippen molar-refractivity contribution in [2.45, 2.75) is 43.5 Å². The van der Waals surface area contributed by atoms with Crippen molar-refractivity contribution >= 4 is 15.8 Å². The molecule has 0 amide bonds. The van der Waals surface area contributed by atoms with Gasteiger partial charge in [0.25, 0.3) is 0 Å². The van der Waals surface area contributed by atoms with Crippen molar-refractivity contribution in [1.29, 1.82) is 0 Å². The maximum absolute atomic E-state index is 13.0. The highest BCUT2D eigenvalue weighted by Crippen LogP contribution is 2.28. The number of carbonyl (C=O) groups is 1. The van der Waals surface area contributed by atoms with Gasteiger partial charge in [0.1, 0.15) is 0 Å². The summed E-state index contributed by atoms with van der Waals surface area (Å²) in [5.74, 6) is 0.563.